The van der Waals surface area contributed by atoms with Crippen LogP contribution >= 0.6 is 11.3 Å². The minimum absolute atomic E-state index is 0.0943. The second-order valence-electron chi connectivity index (χ2n) is 3.94. The third-order valence-corrected chi connectivity index (χ3v) is 3.15. The van der Waals surface area contributed by atoms with Crippen LogP contribution in [0.1, 0.15) is 16.8 Å². The van der Waals surface area contributed by atoms with Gasteiger partial charge in [-0.2, -0.15) is 11.3 Å². The Kier molecular flexibility index (Phi) is 4.67. The molecule has 104 valence electrons. The maximum absolute atomic E-state index is 11.6. The number of thiophene rings is 1. The van der Waals surface area contributed by atoms with Gasteiger partial charge in [-0.1, -0.05) is 0 Å². The molecule has 0 radical (unpaired) electrons. The van der Waals surface area contributed by atoms with Gasteiger partial charge in [0.15, 0.2) is 11.6 Å². The van der Waals surface area contributed by atoms with E-state index in [1.807, 2.05) is 5.38 Å². The van der Waals surface area contributed by atoms with Gasteiger partial charge < -0.3 is 15.7 Å². The first-order valence-corrected chi connectivity index (χ1v) is 6.85. The van der Waals surface area contributed by atoms with E-state index in [0.717, 1.165) is 0 Å². The predicted octanol–water partition coefficient (Wildman–Crippen LogP) is 1.61. The highest BCUT2D eigenvalue weighted by Gasteiger charge is 2.09. The third kappa shape index (κ3) is 3.79. The van der Waals surface area contributed by atoms with E-state index in [4.69, 9.17) is 0 Å². The van der Waals surface area contributed by atoms with Gasteiger partial charge in [0, 0.05) is 30.1 Å². The summed E-state index contributed by atoms with van der Waals surface area (Å²) in [6.45, 7) is 0.216. The minimum atomic E-state index is -0.329. The number of hydrogen-bond donors (Lipinski definition) is 3. The summed E-state index contributed by atoms with van der Waals surface area (Å²) < 4.78 is 0. The van der Waals surface area contributed by atoms with Crippen molar-refractivity contribution in [3.05, 3.63) is 40.7 Å². The van der Waals surface area contributed by atoms with E-state index >= 15 is 0 Å². The van der Waals surface area contributed by atoms with Crippen LogP contribution in [0.2, 0.25) is 0 Å². The fourth-order valence-corrected chi connectivity index (χ4v) is 2.11. The molecule has 0 aromatic carbocycles. The molecule has 0 saturated heterocycles. The smallest absolute Gasteiger partial charge is 0.252 e. The fraction of sp³-hybridized carbons (Fsp3) is 0.154. The van der Waals surface area contributed by atoms with E-state index in [-0.39, 0.29) is 36.3 Å². The maximum Gasteiger partial charge on any atom is 0.252 e. The highest BCUT2D eigenvalue weighted by molar-refractivity contribution is 7.08. The summed E-state index contributed by atoms with van der Waals surface area (Å²) in [5.74, 6) is -0.519. The molecule has 2 rings (SSSR count). The van der Waals surface area contributed by atoms with Crippen molar-refractivity contribution in [2.45, 2.75) is 6.42 Å². The molecule has 7 heteroatoms. The Morgan fingerprint density at radius 1 is 1.35 bits per heavy atom. The van der Waals surface area contributed by atoms with Crippen LogP contribution in [-0.2, 0) is 4.79 Å². The lowest BCUT2D eigenvalue weighted by atomic mass is 10.3. The number of carbonyl (C=O) groups is 2. The molecule has 0 unspecified atom stereocenters. The van der Waals surface area contributed by atoms with Crippen molar-refractivity contribution in [2.75, 3.05) is 11.9 Å². The van der Waals surface area contributed by atoms with Crippen LogP contribution < -0.4 is 10.6 Å². The Bertz CT molecular complexity index is 599. The van der Waals surface area contributed by atoms with Crippen molar-refractivity contribution < 1.29 is 14.7 Å². The summed E-state index contributed by atoms with van der Waals surface area (Å²) in [6, 6.07) is 4.71. The van der Waals surface area contributed by atoms with Gasteiger partial charge in [0.25, 0.3) is 5.91 Å². The van der Waals surface area contributed by atoms with E-state index in [1.165, 1.54) is 23.6 Å². The van der Waals surface area contributed by atoms with Crippen LogP contribution in [-0.4, -0.2) is 28.4 Å². The monoisotopic (exact) mass is 291 g/mol. The van der Waals surface area contributed by atoms with Crippen molar-refractivity contribution >= 4 is 29.0 Å². The van der Waals surface area contributed by atoms with E-state index in [9.17, 15) is 14.7 Å². The topological polar surface area (TPSA) is 91.3 Å². The van der Waals surface area contributed by atoms with Crippen LogP contribution in [0.15, 0.2) is 35.2 Å². The number of carbonyl (C=O) groups excluding carboxylic acids is 2. The van der Waals surface area contributed by atoms with Gasteiger partial charge in [0.1, 0.15) is 0 Å². The second-order valence-corrected chi connectivity index (χ2v) is 4.72. The van der Waals surface area contributed by atoms with Crippen LogP contribution in [0.5, 0.6) is 5.75 Å². The number of hydrogen-bond acceptors (Lipinski definition) is 5. The Labute approximate surface area is 119 Å². The maximum atomic E-state index is 11.6. The molecule has 3 N–H and O–H groups in total. The Hall–Kier alpha value is -2.41. The Balaban J connectivity index is 1.76. The lowest BCUT2D eigenvalue weighted by Crippen LogP contribution is -2.27. The van der Waals surface area contributed by atoms with Crippen molar-refractivity contribution in [3.63, 3.8) is 0 Å². The van der Waals surface area contributed by atoms with E-state index < -0.39 is 0 Å². The van der Waals surface area contributed by atoms with Gasteiger partial charge in [-0.15, -0.1) is 0 Å². The fourth-order valence-electron chi connectivity index (χ4n) is 1.47. The van der Waals surface area contributed by atoms with Crippen LogP contribution in [0.3, 0.4) is 0 Å². The summed E-state index contributed by atoms with van der Waals surface area (Å²) in [6.07, 6.45) is 1.57. The minimum Gasteiger partial charge on any atom is -0.504 e. The molecule has 0 saturated carbocycles. The quantitative estimate of drug-likeness (QED) is 0.780. The number of nitrogens with zero attached hydrogens (tertiary/aromatic N) is 1. The first-order chi connectivity index (χ1) is 9.66. The molecule has 0 spiro atoms. The van der Waals surface area contributed by atoms with Crippen molar-refractivity contribution in [2.24, 2.45) is 0 Å². The molecule has 0 aliphatic rings. The molecular weight excluding hydrogens is 278 g/mol. The van der Waals surface area contributed by atoms with E-state index in [0.29, 0.717) is 5.56 Å². The molecule has 2 aromatic heterocycles. The van der Waals surface area contributed by atoms with Crippen molar-refractivity contribution in [1.29, 1.82) is 0 Å². The van der Waals surface area contributed by atoms with Gasteiger partial charge in [0.05, 0.1) is 0 Å². The lowest BCUT2D eigenvalue weighted by molar-refractivity contribution is -0.116. The molecule has 2 heterocycles. The highest BCUT2D eigenvalue weighted by Crippen LogP contribution is 2.18. The number of rotatable bonds is 5. The van der Waals surface area contributed by atoms with Gasteiger partial charge in [-0.05, 0) is 23.6 Å². The zero-order valence-corrected chi connectivity index (χ0v) is 11.3. The SMILES string of the molecule is O=C(CCNC(=O)c1ccsc1)Nc1ncccc1O. The highest BCUT2D eigenvalue weighted by atomic mass is 32.1. The summed E-state index contributed by atoms with van der Waals surface area (Å²) in [4.78, 5) is 27.1. The van der Waals surface area contributed by atoms with Gasteiger partial charge in [-0.25, -0.2) is 4.98 Å². The molecule has 6 nitrogen and oxygen atoms in total. The molecule has 0 atom stereocenters. The van der Waals surface area contributed by atoms with Crippen molar-refractivity contribution in [3.8, 4) is 5.75 Å². The number of aromatic hydroxyl groups is 1. The summed E-state index contributed by atoms with van der Waals surface area (Å²) >= 11 is 1.43. The largest absolute Gasteiger partial charge is 0.504 e. The summed E-state index contributed by atoms with van der Waals surface area (Å²) in [7, 11) is 0. The zero-order chi connectivity index (χ0) is 14.4. The molecular formula is C13H13N3O3S. The van der Waals surface area contributed by atoms with E-state index in [2.05, 4.69) is 15.6 Å². The third-order valence-electron chi connectivity index (χ3n) is 2.47. The summed E-state index contributed by atoms with van der Waals surface area (Å²) in [5.41, 5.74) is 0.581. The van der Waals surface area contributed by atoms with Crippen LogP contribution in [0.25, 0.3) is 0 Å². The average Bonchev–Trinajstić information content (AvgIpc) is 2.95. The summed E-state index contributed by atoms with van der Waals surface area (Å²) in [5, 5.41) is 18.1. The normalized spacial score (nSPS) is 10.0. The van der Waals surface area contributed by atoms with Crippen molar-refractivity contribution in [1.82, 2.24) is 10.3 Å². The molecule has 0 bridgehead atoms. The Morgan fingerprint density at radius 2 is 2.20 bits per heavy atom. The molecule has 20 heavy (non-hydrogen) atoms. The van der Waals surface area contributed by atoms with Gasteiger partial charge in [-0.3, -0.25) is 9.59 Å². The number of anilines is 1. The number of amides is 2. The van der Waals surface area contributed by atoms with Gasteiger partial charge in [0.2, 0.25) is 5.91 Å². The first-order valence-electron chi connectivity index (χ1n) is 5.91. The number of aromatic nitrogens is 1. The number of nitrogens with one attached hydrogen (secondary N) is 2. The van der Waals surface area contributed by atoms with Crippen LogP contribution in [0, 0.1) is 0 Å². The second kappa shape index (κ2) is 6.67. The lowest BCUT2D eigenvalue weighted by Gasteiger charge is -2.06. The molecule has 0 aliphatic carbocycles. The average molecular weight is 291 g/mol. The molecule has 2 amide bonds. The first kappa shape index (κ1) is 14.0. The standard InChI is InChI=1S/C13H13N3O3S/c17-10-2-1-5-14-12(10)16-11(18)3-6-15-13(19)9-4-7-20-8-9/h1-2,4-5,7-8,17H,3,6H2,(H,15,19)(H,14,16,18). The Morgan fingerprint density at radius 3 is 2.90 bits per heavy atom. The van der Waals surface area contributed by atoms with Gasteiger partial charge >= 0.3 is 0 Å². The molecule has 0 fully saturated rings. The predicted molar refractivity (Wildman–Crippen MR) is 75.8 cm³/mol. The number of pyridine rings is 1. The van der Waals surface area contributed by atoms with E-state index in [1.54, 1.807) is 17.5 Å². The zero-order valence-electron chi connectivity index (χ0n) is 10.5. The molecule has 2 aromatic rings. The molecule has 0 aliphatic heterocycles. The van der Waals surface area contributed by atoms with Crippen LogP contribution in [0.4, 0.5) is 5.82 Å².